The Kier molecular flexibility index (Phi) is 10.3. The van der Waals surface area contributed by atoms with Crippen molar-refractivity contribution in [3.05, 3.63) is 58.1 Å². The molecule has 0 saturated carbocycles. The predicted molar refractivity (Wildman–Crippen MR) is 200 cm³/mol. The first-order valence-electron chi connectivity index (χ1n) is 18.6. The first-order chi connectivity index (χ1) is 31.1. The van der Waals surface area contributed by atoms with E-state index in [0.29, 0.717) is 30.3 Å². The van der Waals surface area contributed by atoms with Crippen LogP contribution >= 0.6 is 0 Å². The first kappa shape index (κ1) is 43.6. The molecule has 4 bridgehead atoms. The molecule has 0 radical (unpaired) electrons. The van der Waals surface area contributed by atoms with Crippen LogP contribution in [0.2, 0.25) is 0 Å². The molecule has 26 heteroatoms. The Morgan fingerprint density at radius 1 is 0.576 bits per heavy atom. The van der Waals surface area contributed by atoms with E-state index in [1.54, 1.807) is 0 Å². The largest absolute Gasteiger partial charge is 0.504 e. The molecule has 8 rings (SSSR count). The van der Waals surface area contributed by atoms with Crippen LogP contribution in [0.5, 0.6) is 69.0 Å². The van der Waals surface area contributed by atoms with Crippen LogP contribution in [0.3, 0.4) is 0 Å². The lowest BCUT2D eigenvalue weighted by atomic mass is 9.82. The first-order valence-corrected chi connectivity index (χ1v) is 18.6. The third-order valence-corrected chi connectivity index (χ3v) is 10.8. The van der Waals surface area contributed by atoms with Gasteiger partial charge in [-0.15, -0.1) is 0 Å². The normalized spacial score (nSPS) is 23.3. The van der Waals surface area contributed by atoms with Crippen molar-refractivity contribution in [1.29, 1.82) is 0 Å². The van der Waals surface area contributed by atoms with Crippen molar-refractivity contribution in [2.24, 2.45) is 5.92 Å². The Morgan fingerprint density at radius 3 is 1.68 bits per heavy atom. The van der Waals surface area contributed by atoms with E-state index in [4.69, 9.17) is 33.2 Å². The molecular formula is C40H28O26. The number of cyclic esters (lactones) is 1. The van der Waals surface area contributed by atoms with Gasteiger partial charge < -0.3 is 94.4 Å². The smallest absolute Gasteiger partial charge is 0.340 e. The van der Waals surface area contributed by atoms with Crippen LogP contribution in [0.1, 0.15) is 59.3 Å². The maximum absolute atomic E-state index is 14.6. The van der Waals surface area contributed by atoms with Crippen LogP contribution in [0, 0.1) is 5.92 Å². The second-order valence-corrected chi connectivity index (χ2v) is 14.7. The standard InChI is InChI=1S/C40H28O26/c41-13-1-8(2-14(42)24(13)48)34(54)66-40-33-32-30(62-38(58)12(6-19(46)47)23-22-11(37(57)65-33)5-17(45)27(51)31(22)63-39(23)59)18(61-40)7-60-35(55)9-3-15(43)25(49)28(52)20(9)21-10(36(56)64-32)4-16(44)26(50)29(21)53/h1-5,12,18,23,30,32-33,40-45,48-53H,6-7H2,(H,46,47)/t12?,18-,23+,30-,32+,33-,40+/m1/s1. The number of carboxylic acid groups (broad SMARTS) is 1. The van der Waals surface area contributed by atoms with E-state index >= 15 is 0 Å². The number of hydrogen-bond donors (Lipinski definition) is 12. The second kappa shape index (κ2) is 15.6. The minimum absolute atomic E-state index is 0.378. The minimum Gasteiger partial charge on any atom is -0.504 e. The van der Waals surface area contributed by atoms with Gasteiger partial charge in [-0.25, -0.2) is 19.2 Å². The molecule has 1 unspecified atom stereocenters. The van der Waals surface area contributed by atoms with E-state index in [1.807, 2.05) is 0 Å². The fourth-order valence-electron chi connectivity index (χ4n) is 7.76. The quantitative estimate of drug-likeness (QED) is 0.0578. The summed E-state index contributed by atoms with van der Waals surface area (Å²) in [6.45, 7) is -1.27. The molecule has 4 heterocycles. The molecule has 344 valence electrons. The summed E-state index contributed by atoms with van der Waals surface area (Å²) < 4.78 is 38.9. The highest BCUT2D eigenvalue weighted by atomic mass is 16.7. The van der Waals surface area contributed by atoms with Gasteiger partial charge in [0.2, 0.25) is 29.6 Å². The second-order valence-electron chi connectivity index (χ2n) is 14.7. The summed E-state index contributed by atoms with van der Waals surface area (Å²) in [6.07, 6.45) is -13.4. The number of hydrogen-bond acceptors (Lipinski definition) is 25. The van der Waals surface area contributed by atoms with Gasteiger partial charge in [-0.2, -0.15) is 0 Å². The summed E-state index contributed by atoms with van der Waals surface area (Å²) in [7, 11) is 0. The average molecular weight is 925 g/mol. The Morgan fingerprint density at radius 2 is 1.09 bits per heavy atom. The Balaban J connectivity index is 1.38. The van der Waals surface area contributed by atoms with Gasteiger partial charge in [-0.1, -0.05) is 0 Å². The molecule has 0 amide bonds. The zero-order valence-corrected chi connectivity index (χ0v) is 32.4. The zero-order chi connectivity index (χ0) is 48.0. The molecule has 7 atom stereocenters. The molecule has 4 aliphatic rings. The molecular weight excluding hydrogens is 896 g/mol. The number of ether oxygens (including phenoxy) is 7. The van der Waals surface area contributed by atoms with Crippen LogP contribution in [0.25, 0.3) is 11.1 Å². The van der Waals surface area contributed by atoms with Crippen LogP contribution in [0.15, 0.2) is 30.3 Å². The molecule has 0 spiro atoms. The Bertz CT molecular complexity index is 2840. The van der Waals surface area contributed by atoms with Gasteiger partial charge in [0.15, 0.2) is 64.0 Å². The topological polar surface area (TPSA) is 427 Å². The van der Waals surface area contributed by atoms with E-state index in [2.05, 4.69) is 0 Å². The molecule has 4 aliphatic heterocycles. The number of phenolic OH excluding ortho intramolecular Hbond substituents is 11. The molecule has 12 N–H and O–H groups in total. The van der Waals surface area contributed by atoms with E-state index in [0.717, 1.165) is 0 Å². The summed E-state index contributed by atoms with van der Waals surface area (Å²) in [5.41, 5.74) is -6.77. The lowest BCUT2D eigenvalue weighted by molar-refractivity contribution is -0.287. The molecule has 66 heavy (non-hydrogen) atoms. The predicted octanol–water partition coefficient (Wildman–Crippen LogP) is 0.637. The van der Waals surface area contributed by atoms with Gasteiger partial charge in [-0.05, 0) is 30.3 Å². The highest BCUT2D eigenvalue weighted by Crippen LogP contribution is 2.54. The van der Waals surface area contributed by atoms with Gasteiger partial charge in [0.05, 0.1) is 34.6 Å². The third kappa shape index (κ3) is 6.92. The van der Waals surface area contributed by atoms with Gasteiger partial charge >= 0.3 is 41.8 Å². The van der Waals surface area contributed by atoms with E-state index < -0.39 is 205 Å². The maximum atomic E-state index is 14.6. The molecule has 1 fully saturated rings. The summed E-state index contributed by atoms with van der Waals surface area (Å²) >= 11 is 0. The number of esters is 6. The van der Waals surface area contributed by atoms with Crippen LogP contribution < -0.4 is 4.74 Å². The highest BCUT2D eigenvalue weighted by molar-refractivity contribution is 6.08. The van der Waals surface area contributed by atoms with Gasteiger partial charge in [0, 0.05) is 16.7 Å². The number of carboxylic acids is 1. The number of aliphatic carboxylic acids is 1. The van der Waals surface area contributed by atoms with Gasteiger partial charge in [0.25, 0.3) is 0 Å². The summed E-state index contributed by atoms with van der Waals surface area (Å²) in [6, 6.07) is 2.48. The van der Waals surface area contributed by atoms with E-state index in [-0.39, 0.29) is 0 Å². The molecule has 4 aromatic carbocycles. The number of fused-ring (bicyclic) bond motifs is 3. The fraction of sp³-hybridized carbons (Fsp3) is 0.225. The summed E-state index contributed by atoms with van der Waals surface area (Å²) in [4.78, 5) is 96.7. The van der Waals surface area contributed by atoms with Crippen LogP contribution in [-0.4, -0.2) is 140 Å². The van der Waals surface area contributed by atoms with Crippen LogP contribution in [0.4, 0.5) is 0 Å². The lowest BCUT2D eigenvalue weighted by Crippen LogP contribution is -2.63. The van der Waals surface area contributed by atoms with Gasteiger partial charge in [0.1, 0.15) is 18.6 Å². The van der Waals surface area contributed by atoms with Crippen molar-refractivity contribution in [1.82, 2.24) is 0 Å². The SMILES string of the molecule is O=C(O)CC1C(=O)O[C@H]2[C@@H]3OC(=O)c4cc(O)c(O)c(O)c4-c4c(cc(O)c(O)c4O)C(=O)OC[C@H]2O[C@@H](OC(=O)c2cc(O)c(O)c(O)c2)[C@@H]3OC(=O)c2cc(O)c(O)c3c2[C@H]1C(=O)O3. The summed E-state index contributed by atoms with van der Waals surface area (Å²) in [5.74, 6) is -30.9. The number of aromatic hydroxyl groups is 11. The van der Waals surface area contributed by atoms with Crippen molar-refractivity contribution < 1.29 is 128 Å². The van der Waals surface area contributed by atoms with E-state index in [1.165, 1.54) is 0 Å². The van der Waals surface area contributed by atoms with Crippen molar-refractivity contribution in [3.63, 3.8) is 0 Å². The van der Waals surface area contributed by atoms with E-state index in [9.17, 15) is 94.8 Å². The molecule has 0 aliphatic carbocycles. The third-order valence-electron chi connectivity index (χ3n) is 10.8. The number of phenols is 11. The number of carbonyl (C=O) groups is 7. The number of carbonyl (C=O) groups excluding carboxylic acids is 6. The number of benzene rings is 4. The van der Waals surface area contributed by atoms with Gasteiger partial charge in [-0.3, -0.25) is 14.4 Å². The molecule has 0 aromatic heterocycles. The fourth-order valence-corrected chi connectivity index (χ4v) is 7.76. The Hall–Kier alpha value is -9.07. The maximum Gasteiger partial charge on any atom is 0.340 e. The molecule has 26 nitrogen and oxygen atoms in total. The zero-order valence-electron chi connectivity index (χ0n) is 32.4. The molecule has 1 saturated heterocycles. The van der Waals surface area contributed by atoms with Crippen molar-refractivity contribution in [2.45, 2.75) is 43.0 Å². The minimum atomic E-state index is -2.53. The van der Waals surface area contributed by atoms with Crippen molar-refractivity contribution >= 4 is 41.8 Å². The highest BCUT2D eigenvalue weighted by Gasteiger charge is 2.58. The summed E-state index contributed by atoms with van der Waals surface area (Å²) in [5, 5.41) is 125. The van der Waals surface area contributed by atoms with Crippen LogP contribution in [-0.2, 0) is 42.8 Å². The monoisotopic (exact) mass is 924 g/mol. The van der Waals surface area contributed by atoms with Crippen molar-refractivity contribution in [3.8, 4) is 80.1 Å². The molecule has 4 aromatic rings. The average Bonchev–Trinajstić information content (AvgIpc) is 3.60. The van der Waals surface area contributed by atoms with Crippen molar-refractivity contribution in [2.75, 3.05) is 6.61 Å². The number of rotatable bonds is 4. The Labute approximate surface area is 363 Å². The lowest BCUT2D eigenvalue weighted by Gasteiger charge is -2.44.